The molecule has 1 aromatic rings. The fourth-order valence-corrected chi connectivity index (χ4v) is 3.26. The molecule has 2 heterocycles. The van der Waals surface area contributed by atoms with Gasteiger partial charge >= 0.3 is 0 Å². The van der Waals surface area contributed by atoms with Gasteiger partial charge in [0.2, 0.25) is 0 Å². The molecule has 0 aliphatic carbocycles. The quantitative estimate of drug-likeness (QED) is 0.791. The van der Waals surface area contributed by atoms with Crippen LogP contribution in [0.3, 0.4) is 0 Å². The van der Waals surface area contributed by atoms with E-state index < -0.39 is 0 Å². The van der Waals surface area contributed by atoms with Crippen molar-refractivity contribution in [3.05, 3.63) is 34.9 Å². The highest BCUT2D eigenvalue weighted by molar-refractivity contribution is 6.22. The maximum atomic E-state index is 12.6. The maximum absolute atomic E-state index is 12.6. The second kappa shape index (κ2) is 6.36. The summed E-state index contributed by atoms with van der Waals surface area (Å²) in [5, 5.41) is 0. The highest BCUT2D eigenvalue weighted by Crippen LogP contribution is 2.27. The van der Waals surface area contributed by atoms with Crippen molar-refractivity contribution in [3.8, 4) is 0 Å². The van der Waals surface area contributed by atoms with Gasteiger partial charge in [0.25, 0.3) is 17.7 Å². The third-order valence-electron chi connectivity index (χ3n) is 4.96. The molecule has 2 aliphatic heterocycles. The summed E-state index contributed by atoms with van der Waals surface area (Å²) in [7, 11) is 1.64. The molecule has 0 saturated carbocycles. The Balaban J connectivity index is 1.86. The molecule has 0 aromatic heterocycles. The van der Waals surface area contributed by atoms with E-state index in [0.29, 0.717) is 36.2 Å². The normalized spacial score (nSPS) is 21.4. The number of likely N-dealkylation sites (tertiary alicyclic amines) is 1. The van der Waals surface area contributed by atoms with Gasteiger partial charge in [-0.1, -0.05) is 6.92 Å². The van der Waals surface area contributed by atoms with Crippen molar-refractivity contribution in [3.63, 3.8) is 0 Å². The number of hydrogen-bond acceptors (Lipinski definition) is 4. The lowest BCUT2D eigenvalue weighted by atomic mass is 10.0. The number of imide groups is 1. The van der Waals surface area contributed by atoms with Gasteiger partial charge in [0.05, 0.1) is 17.2 Å². The Labute approximate surface area is 141 Å². The molecular formula is C18H22N2O4. The van der Waals surface area contributed by atoms with Gasteiger partial charge in [-0.15, -0.1) is 0 Å². The lowest BCUT2D eigenvalue weighted by Crippen LogP contribution is -2.37. The van der Waals surface area contributed by atoms with Crippen LogP contribution in [0, 0.1) is 0 Å². The predicted octanol–water partition coefficient (Wildman–Crippen LogP) is 1.94. The molecule has 24 heavy (non-hydrogen) atoms. The summed E-state index contributed by atoms with van der Waals surface area (Å²) in [5.41, 5.74) is 1.15. The van der Waals surface area contributed by atoms with E-state index in [2.05, 4.69) is 0 Å². The van der Waals surface area contributed by atoms with Crippen LogP contribution in [0.1, 0.15) is 57.8 Å². The van der Waals surface area contributed by atoms with Gasteiger partial charge in [-0.2, -0.15) is 0 Å². The summed E-state index contributed by atoms with van der Waals surface area (Å²) in [6, 6.07) is 4.62. The SMILES string of the molecule is CCC(C)N1C(=O)c2ccc(C(=O)N3CCC(OC)C3)cc2C1=O. The van der Waals surface area contributed by atoms with Crippen molar-refractivity contribution >= 4 is 17.7 Å². The number of benzene rings is 1. The number of ether oxygens (including phenoxy) is 1. The fraction of sp³-hybridized carbons (Fsp3) is 0.500. The molecular weight excluding hydrogens is 308 g/mol. The topological polar surface area (TPSA) is 66.9 Å². The number of fused-ring (bicyclic) bond motifs is 1. The van der Waals surface area contributed by atoms with Crippen LogP contribution in [0.5, 0.6) is 0 Å². The minimum atomic E-state index is -0.310. The Morgan fingerprint density at radius 1 is 1.29 bits per heavy atom. The molecule has 1 fully saturated rings. The average Bonchev–Trinajstić information content (AvgIpc) is 3.17. The molecule has 6 heteroatoms. The van der Waals surface area contributed by atoms with Crippen LogP contribution in [-0.4, -0.2) is 59.9 Å². The molecule has 0 radical (unpaired) electrons. The number of amides is 3. The van der Waals surface area contributed by atoms with Gasteiger partial charge in [0.1, 0.15) is 0 Å². The van der Waals surface area contributed by atoms with E-state index in [1.54, 1.807) is 30.2 Å². The summed E-state index contributed by atoms with van der Waals surface area (Å²) in [6.07, 6.45) is 1.57. The summed E-state index contributed by atoms with van der Waals surface area (Å²) in [6.45, 7) is 4.98. The van der Waals surface area contributed by atoms with Gasteiger partial charge in [0.15, 0.2) is 0 Å². The predicted molar refractivity (Wildman–Crippen MR) is 88.0 cm³/mol. The number of carbonyl (C=O) groups excluding carboxylic acids is 3. The van der Waals surface area contributed by atoms with Crippen LogP contribution in [0.15, 0.2) is 18.2 Å². The Kier molecular flexibility index (Phi) is 4.41. The van der Waals surface area contributed by atoms with E-state index in [4.69, 9.17) is 4.74 Å². The summed E-state index contributed by atoms with van der Waals surface area (Å²) in [4.78, 5) is 40.6. The highest BCUT2D eigenvalue weighted by Gasteiger charge is 2.38. The second-order valence-electron chi connectivity index (χ2n) is 6.40. The Morgan fingerprint density at radius 3 is 2.62 bits per heavy atom. The van der Waals surface area contributed by atoms with Crippen molar-refractivity contribution < 1.29 is 19.1 Å². The first-order valence-corrected chi connectivity index (χ1v) is 8.32. The minimum Gasteiger partial charge on any atom is -0.380 e. The first kappa shape index (κ1) is 16.6. The zero-order valence-corrected chi connectivity index (χ0v) is 14.2. The molecule has 1 aromatic carbocycles. The molecule has 0 bridgehead atoms. The smallest absolute Gasteiger partial charge is 0.261 e. The lowest BCUT2D eigenvalue weighted by Gasteiger charge is -2.20. The Morgan fingerprint density at radius 2 is 2.00 bits per heavy atom. The number of methoxy groups -OCH3 is 1. The summed E-state index contributed by atoms with van der Waals surface area (Å²) < 4.78 is 5.29. The molecule has 128 valence electrons. The monoisotopic (exact) mass is 330 g/mol. The van der Waals surface area contributed by atoms with Crippen LogP contribution in [0.2, 0.25) is 0 Å². The second-order valence-corrected chi connectivity index (χ2v) is 6.40. The van der Waals surface area contributed by atoms with E-state index in [-0.39, 0.29) is 29.9 Å². The van der Waals surface area contributed by atoms with E-state index in [1.165, 1.54) is 4.90 Å². The van der Waals surface area contributed by atoms with Crippen molar-refractivity contribution in [1.29, 1.82) is 0 Å². The van der Waals surface area contributed by atoms with Crippen molar-refractivity contribution in [2.24, 2.45) is 0 Å². The van der Waals surface area contributed by atoms with E-state index in [0.717, 1.165) is 6.42 Å². The number of nitrogens with zero attached hydrogens (tertiary/aromatic N) is 2. The molecule has 2 aliphatic rings. The standard InChI is InChI=1S/C18H22N2O4/c1-4-11(2)20-17(22)14-6-5-12(9-15(14)18(20)23)16(21)19-8-7-13(10-19)24-3/h5-6,9,11,13H,4,7-8,10H2,1-3H3. The van der Waals surface area contributed by atoms with Gasteiger partial charge in [-0.25, -0.2) is 0 Å². The largest absolute Gasteiger partial charge is 0.380 e. The average molecular weight is 330 g/mol. The number of rotatable bonds is 4. The number of hydrogen-bond donors (Lipinski definition) is 0. The van der Waals surface area contributed by atoms with Crippen LogP contribution >= 0.6 is 0 Å². The third kappa shape index (κ3) is 2.60. The van der Waals surface area contributed by atoms with Gasteiger partial charge < -0.3 is 9.64 Å². The van der Waals surface area contributed by atoms with Crippen molar-refractivity contribution in [2.45, 2.75) is 38.8 Å². The first-order chi connectivity index (χ1) is 11.5. The number of carbonyl (C=O) groups is 3. The van der Waals surface area contributed by atoms with Gasteiger partial charge in [-0.3, -0.25) is 19.3 Å². The van der Waals surface area contributed by atoms with E-state index >= 15 is 0 Å². The van der Waals surface area contributed by atoms with Crippen LogP contribution in [-0.2, 0) is 4.74 Å². The zero-order chi connectivity index (χ0) is 17.4. The van der Waals surface area contributed by atoms with Crippen molar-refractivity contribution in [1.82, 2.24) is 9.80 Å². The molecule has 1 saturated heterocycles. The Bertz CT molecular complexity index is 700. The molecule has 6 nitrogen and oxygen atoms in total. The Hall–Kier alpha value is -2.21. The van der Waals surface area contributed by atoms with Crippen LogP contribution in [0.25, 0.3) is 0 Å². The molecule has 0 spiro atoms. The van der Waals surface area contributed by atoms with E-state index in [9.17, 15) is 14.4 Å². The van der Waals surface area contributed by atoms with E-state index in [1.807, 2.05) is 13.8 Å². The fourth-order valence-electron chi connectivity index (χ4n) is 3.26. The molecule has 0 N–H and O–H groups in total. The van der Waals surface area contributed by atoms with Crippen molar-refractivity contribution in [2.75, 3.05) is 20.2 Å². The highest BCUT2D eigenvalue weighted by atomic mass is 16.5. The van der Waals surface area contributed by atoms with Gasteiger partial charge in [0, 0.05) is 31.8 Å². The molecule has 3 amide bonds. The molecule has 3 rings (SSSR count). The molecule has 2 atom stereocenters. The zero-order valence-electron chi connectivity index (χ0n) is 14.2. The first-order valence-electron chi connectivity index (χ1n) is 8.32. The third-order valence-corrected chi connectivity index (χ3v) is 4.96. The minimum absolute atomic E-state index is 0.0625. The summed E-state index contributed by atoms with van der Waals surface area (Å²) in [5.74, 6) is -0.709. The molecule has 2 unspecified atom stereocenters. The summed E-state index contributed by atoms with van der Waals surface area (Å²) >= 11 is 0. The van der Waals surface area contributed by atoms with Crippen LogP contribution in [0.4, 0.5) is 0 Å². The lowest BCUT2D eigenvalue weighted by molar-refractivity contribution is 0.0593. The maximum Gasteiger partial charge on any atom is 0.261 e. The van der Waals surface area contributed by atoms with Gasteiger partial charge in [-0.05, 0) is 38.0 Å². The van der Waals surface area contributed by atoms with Crippen LogP contribution < -0.4 is 0 Å².